The second-order valence-corrected chi connectivity index (χ2v) is 5.05. The summed E-state index contributed by atoms with van der Waals surface area (Å²) in [5, 5.41) is 11.8. The lowest BCUT2D eigenvalue weighted by Crippen LogP contribution is -2.06. The van der Waals surface area contributed by atoms with E-state index in [1.54, 1.807) is 18.3 Å². The summed E-state index contributed by atoms with van der Waals surface area (Å²) < 4.78 is 18.1. The molecule has 0 aliphatic heterocycles. The molecule has 0 bridgehead atoms. The van der Waals surface area contributed by atoms with Crippen molar-refractivity contribution in [2.24, 2.45) is 0 Å². The number of nitro groups is 1. The molecule has 0 aliphatic rings. The molecular weight excluding hydrogens is 327 g/mol. The summed E-state index contributed by atoms with van der Waals surface area (Å²) in [7, 11) is 0. The number of ether oxygens (including phenoxy) is 1. The zero-order chi connectivity index (χ0) is 17.8. The molecule has 124 valence electrons. The molecule has 25 heavy (non-hydrogen) atoms. The zero-order valence-electron chi connectivity index (χ0n) is 12.8. The Labute approximate surface area is 141 Å². The van der Waals surface area contributed by atoms with Crippen LogP contribution < -0.4 is 4.74 Å². The number of hydrogen-bond acceptors (Lipinski definition) is 5. The summed E-state index contributed by atoms with van der Waals surface area (Å²) >= 11 is 0. The first-order chi connectivity index (χ1) is 12.0. The average molecular weight is 338 g/mol. The van der Waals surface area contributed by atoms with Gasteiger partial charge in [0.1, 0.15) is 5.82 Å². The predicted octanol–water partition coefficient (Wildman–Crippen LogP) is 3.90. The van der Waals surface area contributed by atoms with E-state index in [9.17, 15) is 19.3 Å². The van der Waals surface area contributed by atoms with Gasteiger partial charge < -0.3 is 4.74 Å². The average Bonchev–Trinajstić information content (AvgIpc) is 2.59. The van der Waals surface area contributed by atoms with Crippen LogP contribution in [0.4, 0.5) is 10.1 Å². The molecule has 0 saturated heterocycles. The number of carbonyl (C=O) groups is 1. The lowest BCUT2D eigenvalue weighted by Gasteiger charge is -2.03. The third-order valence-corrected chi connectivity index (χ3v) is 3.39. The highest BCUT2D eigenvalue weighted by atomic mass is 19.1. The van der Waals surface area contributed by atoms with Crippen LogP contribution in [0, 0.1) is 15.9 Å². The number of aromatic nitrogens is 1. The van der Waals surface area contributed by atoms with Crippen LogP contribution in [0.25, 0.3) is 17.0 Å². The molecule has 1 heterocycles. The first kappa shape index (κ1) is 16.3. The number of rotatable bonds is 4. The van der Waals surface area contributed by atoms with E-state index in [-0.39, 0.29) is 0 Å². The molecule has 0 fully saturated rings. The summed E-state index contributed by atoms with van der Waals surface area (Å²) in [5.74, 6) is -2.05. The molecule has 0 amide bonds. The summed E-state index contributed by atoms with van der Waals surface area (Å²) in [4.78, 5) is 26.3. The number of pyridine rings is 1. The first-order valence-electron chi connectivity index (χ1n) is 7.22. The van der Waals surface area contributed by atoms with Gasteiger partial charge in [-0.2, -0.15) is 0 Å². The summed E-state index contributed by atoms with van der Waals surface area (Å²) in [6, 6.07) is 11.8. The Kier molecular flexibility index (Phi) is 4.47. The van der Waals surface area contributed by atoms with Gasteiger partial charge in [0, 0.05) is 35.4 Å². The number of esters is 1. The van der Waals surface area contributed by atoms with Crippen LogP contribution in [0.1, 0.15) is 5.56 Å². The summed E-state index contributed by atoms with van der Waals surface area (Å²) in [6.07, 6.45) is 4.23. The van der Waals surface area contributed by atoms with Crippen LogP contribution in [0.3, 0.4) is 0 Å². The van der Waals surface area contributed by atoms with Crippen LogP contribution in [0.15, 0.2) is 60.8 Å². The maximum absolute atomic E-state index is 13.2. The summed E-state index contributed by atoms with van der Waals surface area (Å²) in [6.45, 7) is 0. The fourth-order valence-corrected chi connectivity index (χ4v) is 2.28. The minimum Gasteiger partial charge on any atom is -0.416 e. The van der Waals surface area contributed by atoms with Gasteiger partial charge in [0.2, 0.25) is 5.75 Å². The van der Waals surface area contributed by atoms with Crippen LogP contribution in [-0.4, -0.2) is 15.9 Å². The molecule has 3 aromatic rings. The van der Waals surface area contributed by atoms with Gasteiger partial charge >= 0.3 is 11.7 Å². The van der Waals surface area contributed by atoms with Gasteiger partial charge in [0.05, 0.1) is 10.4 Å². The van der Waals surface area contributed by atoms with E-state index in [4.69, 9.17) is 4.74 Å². The van der Waals surface area contributed by atoms with E-state index in [1.807, 2.05) is 18.2 Å². The Morgan fingerprint density at radius 1 is 1.20 bits per heavy atom. The second-order valence-electron chi connectivity index (χ2n) is 5.05. The number of fused-ring (bicyclic) bond motifs is 1. The maximum Gasteiger partial charge on any atom is 0.336 e. The molecule has 0 atom stereocenters. The third kappa shape index (κ3) is 3.66. The van der Waals surface area contributed by atoms with Crippen LogP contribution >= 0.6 is 0 Å². The highest BCUT2D eigenvalue weighted by molar-refractivity contribution is 5.93. The van der Waals surface area contributed by atoms with Crippen molar-refractivity contribution in [2.75, 3.05) is 0 Å². The van der Waals surface area contributed by atoms with Gasteiger partial charge in [-0.25, -0.2) is 9.18 Å². The molecule has 1 aromatic heterocycles. The number of halogens is 1. The molecule has 7 heteroatoms. The van der Waals surface area contributed by atoms with E-state index in [2.05, 4.69) is 4.98 Å². The second kappa shape index (κ2) is 6.88. The van der Waals surface area contributed by atoms with Gasteiger partial charge in [0.15, 0.2) is 0 Å². The van der Waals surface area contributed by atoms with Crippen molar-refractivity contribution in [3.8, 4) is 5.75 Å². The molecule has 0 radical (unpaired) electrons. The highest BCUT2D eigenvalue weighted by Gasteiger charge is 2.18. The van der Waals surface area contributed by atoms with Crippen LogP contribution in [-0.2, 0) is 4.79 Å². The minimum absolute atomic E-state index is 0.448. The molecule has 0 saturated carbocycles. The molecule has 0 aliphatic carbocycles. The molecule has 3 rings (SSSR count). The fraction of sp³-hybridized carbons (Fsp3) is 0. The molecule has 0 spiro atoms. The summed E-state index contributed by atoms with van der Waals surface area (Å²) in [5.41, 5.74) is 0.893. The molecule has 0 unspecified atom stereocenters. The Bertz CT molecular complexity index is 996. The monoisotopic (exact) mass is 338 g/mol. The van der Waals surface area contributed by atoms with Crippen LogP contribution in [0.2, 0.25) is 0 Å². The number of carbonyl (C=O) groups excluding carboxylic acids is 1. The first-order valence-corrected chi connectivity index (χ1v) is 7.22. The van der Waals surface area contributed by atoms with Crippen LogP contribution in [0.5, 0.6) is 5.75 Å². The van der Waals surface area contributed by atoms with E-state index >= 15 is 0 Å². The van der Waals surface area contributed by atoms with Gasteiger partial charge in [-0.15, -0.1) is 0 Å². The topological polar surface area (TPSA) is 82.3 Å². The largest absolute Gasteiger partial charge is 0.416 e. The lowest BCUT2D eigenvalue weighted by atomic mass is 10.1. The normalized spacial score (nSPS) is 10.9. The predicted molar refractivity (Wildman–Crippen MR) is 89.5 cm³/mol. The molecule has 0 N–H and O–H groups in total. The van der Waals surface area contributed by atoms with Gasteiger partial charge in [0.25, 0.3) is 0 Å². The maximum atomic E-state index is 13.2. The fourth-order valence-electron chi connectivity index (χ4n) is 2.28. The Morgan fingerprint density at radius 3 is 2.80 bits per heavy atom. The van der Waals surface area contributed by atoms with Crippen molar-refractivity contribution in [3.05, 3.63) is 82.3 Å². The number of nitro benzene ring substituents is 1. The SMILES string of the molecule is O=C(/C=C/c1cccc2cccnc12)Oc1cc(F)ccc1[N+](=O)[O-]. The quantitative estimate of drug-likeness (QED) is 0.237. The zero-order valence-corrected chi connectivity index (χ0v) is 12.8. The molecule has 2 aromatic carbocycles. The van der Waals surface area contributed by atoms with Crippen molar-refractivity contribution in [2.45, 2.75) is 0 Å². The van der Waals surface area contributed by atoms with Crippen molar-refractivity contribution in [1.82, 2.24) is 4.98 Å². The Morgan fingerprint density at radius 2 is 2.00 bits per heavy atom. The van der Waals surface area contributed by atoms with Gasteiger partial charge in [-0.3, -0.25) is 15.1 Å². The van der Waals surface area contributed by atoms with Crippen molar-refractivity contribution >= 4 is 28.6 Å². The molecule has 6 nitrogen and oxygen atoms in total. The van der Waals surface area contributed by atoms with Gasteiger partial charge in [-0.05, 0) is 18.2 Å². The van der Waals surface area contributed by atoms with Crippen molar-refractivity contribution in [3.63, 3.8) is 0 Å². The van der Waals surface area contributed by atoms with E-state index < -0.39 is 28.1 Å². The lowest BCUT2D eigenvalue weighted by molar-refractivity contribution is -0.385. The van der Waals surface area contributed by atoms with E-state index in [0.717, 1.165) is 29.7 Å². The number of nitrogens with zero attached hydrogens (tertiary/aromatic N) is 2. The Balaban J connectivity index is 1.84. The number of para-hydroxylation sites is 1. The number of benzene rings is 2. The van der Waals surface area contributed by atoms with Crippen molar-refractivity contribution in [1.29, 1.82) is 0 Å². The van der Waals surface area contributed by atoms with E-state index in [1.165, 1.54) is 6.08 Å². The Hall–Kier alpha value is -3.61. The van der Waals surface area contributed by atoms with E-state index in [0.29, 0.717) is 11.1 Å². The molecular formula is C18H11FN2O4. The number of hydrogen-bond donors (Lipinski definition) is 0. The third-order valence-electron chi connectivity index (χ3n) is 3.39. The van der Waals surface area contributed by atoms with Crippen molar-refractivity contribution < 1.29 is 18.8 Å². The smallest absolute Gasteiger partial charge is 0.336 e. The minimum atomic E-state index is -0.860. The van der Waals surface area contributed by atoms with Gasteiger partial charge in [-0.1, -0.05) is 24.3 Å². The highest BCUT2D eigenvalue weighted by Crippen LogP contribution is 2.27. The standard InChI is InChI=1S/C18H11FN2O4/c19-14-7-8-15(21(23)24)16(11-14)25-17(22)9-6-13-4-1-3-12-5-2-10-20-18(12)13/h1-11H/b9-6+.